The largest absolute Gasteiger partial charge is 0.435 e. The van der Waals surface area contributed by atoms with Crippen molar-refractivity contribution in [3.05, 3.63) is 0 Å². The van der Waals surface area contributed by atoms with Crippen LogP contribution in [0.1, 0.15) is 45.4 Å². The van der Waals surface area contributed by atoms with E-state index < -0.39 is 30.4 Å². The van der Waals surface area contributed by atoms with E-state index in [0.717, 1.165) is 25.7 Å². The zero-order valence-corrected chi connectivity index (χ0v) is 11.8. The first kappa shape index (κ1) is 15.3. The Morgan fingerprint density at radius 2 is 1.35 bits per heavy atom. The molecule has 6 nitrogen and oxygen atoms in total. The third kappa shape index (κ3) is 4.45. The molecule has 2 unspecified atom stereocenters. The van der Waals surface area contributed by atoms with Gasteiger partial charge in [0.25, 0.3) is 0 Å². The summed E-state index contributed by atoms with van der Waals surface area (Å²) in [6, 6.07) is 0. The summed E-state index contributed by atoms with van der Waals surface area (Å²) in [5.74, 6) is -2.15. The molecule has 2 aliphatic heterocycles. The smallest absolute Gasteiger partial charge is 0.322 e. The Morgan fingerprint density at radius 1 is 0.900 bits per heavy atom. The lowest BCUT2D eigenvalue weighted by Crippen LogP contribution is -2.34. The number of carbonyl (C=O) groups excluding carboxylic acids is 2. The second-order valence-corrected chi connectivity index (χ2v) is 5.19. The van der Waals surface area contributed by atoms with Gasteiger partial charge in [0.1, 0.15) is 0 Å². The lowest BCUT2D eigenvalue weighted by atomic mass is 10.1. The summed E-state index contributed by atoms with van der Waals surface area (Å²) in [7, 11) is 0. The van der Waals surface area contributed by atoms with E-state index in [4.69, 9.17) is 18.9 Å². The molecule has 2 atom stereocenters. The van der Waals surface area contributed by atoms with Crippen LogP contribution in [0.5, 0.6) is 0 Å². The molecule has 0 aromatic heterocycles. The van der Waals surface area contributed by atoms with Crippen molar-refractivity contribution in [2.24, 2.45) is 5.92 Å². The fourth-order valence-electron chi connectivity index (χ4n) is 2.17. The van der Waals surface area contributed by atoms with Crippen molar-refractivity contribution in [3.63, 3.8) is 0 Å². The molecule has 114 valence electrons. The first-order valence-electron chi connectivity index (χ1n) is 7.31. The molecule has 0 spiro atoms. The van der Waals surface area contributed by atoms with Crippen LogP contribution in [0.2, 0.25) is 0 Å². The summed E-state index contributed by atoms with van der Waals surface area (Å²) in [6.07, 6.45) is 4.18. The van der Waals surface area contributed by atoms with Crippen LogP contribution < -0.4 is 0 Å². The highest BCUT2D eigenvalue weighted by Gasteiger charge is 2.30. The molecule has 2 saturated heterocycles. The minimum absolute atomic E-state index is 0.530. The Hall–Kier alpha value is -1.14. The summed E-state index contributed by atoms with van der Waals surface area (Å²) in [6.45, 7) is 2.66. The molecule has 2 fully saturated rings. The number of esters is 2. The van der Waals surface area contributed by atoms with Crippen LogP contribution in [0.15, 0.2) is 0 Å². The van der Waals surface area contributed by atoms with Crippen molar-refractivity contribution < 1.29 is 28.5 Å². The van der Waals surface area contributed by atoms with Crippen LogP contribution in [-0.2, 0) is 28.5 Å². The summed E-state index contributed by atoms with van der Waals surface area (Å²) in [4.78, 5) is 23.7. The Bertz CT molecular complexity index is 299. The average Bonchev–Trinajstić information content (AvgIpc) is 2.48. The van der Waals surface area contributed by atoms with Gasteiger partial charge in [0, 0.05) is 12.8 Å². The lowest BCUT2D eigenvalue weighted by Gasteiger charge is -2.25. The van der Waals surface area contributed by atoms with Gasteiger partial charge in [0.15, 0.2) is 5.92 Å². The first-order valence-corrected chi connectivity index (χ1v) is 7.31. The van der Waals surface area contributed by atoms with Gasteiger partial charge < -0.3 is 18.9 Å². The molecule has 6 heteroatoms. The average molecular weight is 286 g/mol. The fraction of sp³-hybridized carbons (Fsp3) is 0.857. The number of hydrogen-bond acceptors (Lipinski definition) is 6. The molecule has 2 heterocycles. The molecule has 2 rings (SSSR count). The number of ether oxygens (including phenoxy) is 4. The Balaban J connectivity index is 1.74. The minimum Gasteiger partial charge on any atom is -0.435 e. The van der Waals surface area contributed by atoms with Gasteiger partial charge in [-0.3, -0.25) is 9.59 Å². The van der Waals surface area contributed by atoms with Crippen molar-refractivity contribution in [1.82, 2.24) is 0 Å². The molecule has 20 heavy (non-hydrogen) atoms. The summed E-state index contributed by atoms with van der Waals surface area (Å²) < 4.78 is 20.9. The van der Waals surface area contributed by atoms with Crippen molar-refractivity contribution in [2.45, 2.75) is 58.0 Å². The van der Waals surface area contributed by atoms with Crippen LogP contribution in [0.3, 0.4) is 0 Å². The van der Waals surface area contributed by atoms with Crippen LogP contribution in [0.25, 0.3) is 0 Å². The maximum Gasteiger partial charge on any atom is 0.322 e. The van der Waals surface area contributed by atoms with E-state index in [-0.39, 0.29) is 0 Å². The molecule has 0 saturated carbocycles. The van der Waals surface area contributed by atoms with E-state index in [2.05, 4.69) is 0 Å². The zero-order valence-electron chi connectivity index (χ0n) is 11.8. The SMILES string of the molecule is CC(C(=O)OC1CCCCO1)C(=O)OC1CCCCO1. The fourth-order valence-corrected chi connectivity index (χ4v) is 2.17. The lowest BCUT2D eigenvalue weighted by molar-refractivity contribution is -0.203. The van der Waals surface area contributed by atoms with E-state index >= 15 is 0 Å². The van der Waals surface area contributed by atoms with E-state index in [1.165, 1.54) is 6.92 Å². The van der Waals surface area contributed by atoms with Gasteiger partial charge >= 0.3 is 11.9 Å². The van der Waals surface area contributed by atoms with Crippen molar-refractivity contribution in [2.75, 3.05) is 13.2 Å². The predicted molar refractivity (Wildman–Crippen MR) is 68.5 cm³/mol. The highest BCUT2D eigenvalue weighted by atomic mass is 16.7. The molecular weight excluding hydrogens is 264 g/mol. The maximum absolute atomic E-state index is 11.9. The van der Waals surface area contributed by atoms with Gasteiger partial charge in [-0.2, -0.15) is 0 Å². The van der Waals surface area contributed by atoms with Gasteiger partial charge in [-0.05, 0) is 32.6 Å². The van der Waals surface area contributed by atoms with Gasteiger partial charge in [-0.25, -0.2) is 0 Å². The highest BCUT2D eigenvalue weighted by molar-refractivity contribution is 5.94. The zero-order chi connectivity index (χ0) is 14.4. The van der Waals surface area contributed by atoms with E-state index in [1.807, 2.05) is 0 Å². The molecule has 0 aromatic rings. The van der Waals surface area contributed by atoms with Gasteiger partial charge in [-0.15, -0.1) is 0 Å². The number of carbonyl (C=O) groups is 2. The molecule has 0 radical (unpaired) electrons. The van der Waals surface area contributed by atoms with E-state index in [1.54, 1.807) is 0 Å². The minimum atomic E-state index is -0.953. The Morgan fingerprint density at radius 3 is 1.70 bits per heavy atom. The van der Waals surface area contributed by atoms with E-state index in [9.17, 15) is 9.59 Å². The molecule has 0 amide bonds. The third-order valence-corrected chi connectivity index (χ3v) is 3.48. The standard InChI is InChI=1S/C14H22O6/c1-10(13(15)19-11-6-2-4-8-17-11)14(16)20-12-7-3-5-9-18-12/h10-12H,2-9H2,1H3. The molecule has 0 aromatic carbocycles. The number of hydrogen-bond donors (Lipinski definition) is 0. The van der Waals surface area contributed by atoms with Crippen LogP contribution in [0, 0.1) is 5.92 Å². The topological polar surface area (TPSA) is 71.1 Å². The van der Waals surface area contributed by atoms with E-state index in [0.29, 0.717) is 26.1 Å². The van der Waals surface area contributed by atoms with Gasteiger partial charge in [0.2, 0.25) is 12.6 Å². The molecule has 2 aliphatic rings. The normalized spacial score (nSPS) is 28.4. The molecule has 0 bridgehead atoms. The van der Waals surface area contributed by atoms with Crippen molar-refractivity contribution in [1.29, 1.82) is 0 Å². The van der Waals surface area contributed by atoms with Crippen LogP contribution in [-0.4, -0.2) is 37.7 Å². The van der Waals surface area contributed by atoms with Crippen molar-refractivity contribution >= 4 is 11.9 Å². The monoisotopic (exact) mass is 286 g/mol. The highest BCUT2D eigenvalue weighted by Crippen LogP contribution is 2.18. The summed E-state index contributed by atoms with van der Waals surface area (Å²) >= 11 is 0. The summed E-state index contributed by atoms with van der Waals surface area (Å²) in [5, 5.41) is 0. The second-order valence-electron chi connectivity index (χ2n) is 5.19. The van der Waals surface area contributed by atoms with Gasteiger partial charge in [-0.1, -0.05) is 0 Å². The Kier molecular flexibility index (Phi) is 5.79. The third-order valence-electron chi connectivity index (χ3n) is 3.48. The van der Waals surface area contributed by atoms with Crippen LogP contribution >= 0.6 is 0 Å². The molecule has 0 N–H and O–H groups in total. The van der Waals surface area contributed by atoms with Crippen LogP contribution in [0.4, 0.5) is 0 Å². The number of rotatable bonds is 4. The maximum atomic E-state index is 11.9. The molecule has 0 aliphatic carbocycles. The van der Waals surface area contributed by atoms with Crippen molar-refractivity contribution in [3.8, 4) is 0 Å². The predicted octanol–water partition coefficient (Wildman–Crippen LogP) is 1.76. The Labute approximate surface area is 118 Å². The first-order chi connectivity index (χ1) is 9.66. The van der Waals surface area contributed by atoms with Gasteiger partial charge in [0.05, 0.1) is 13.2 Å². The second kappa shape index (κ2) is 7.59. The quantitative estimate of drug-likeness (QED) is 0.579. The molecular formula is C14H22O6. The summed E-state index contributed by atoms with van der Waals surface area (Å²) in [5.41, 5.74) is 0.